The van der Waals surface area contributed by atoms with Crippen molar-refractivity contribution in [1.82, 2.24) is 19.9 Å². The van der Waals surface area contributed by atoms with Crippen molar-refractivity contribution in [3.63, 3.8) is 0 Å². The van der Waals surface area contributed by atoms with Crippen molar-refractivity contribution in [2.45, 2.75) is 17.7 Å². The summed E-state index contributed by atoms with van der Waals surface area (Å²) in [5.41, 5.74) is 2.74. The number of H-pyrrole nitrogens is 1. The second kappa shape index (κ2) is 6.76. The Balaban J connectivity index is 1.71. The van der Waals surface area contributed by atoms with Crippen LogP contribution in [-0.4, -0.2) is 52.5 Å². The van der Waals surface area contributed by atoms with Crippen molar-refractivity contribution in [1.29, 1.82) is 5.26 Å². The zero-order valence-electron chi connectivity index (χ0n) is 14.7. The van der Waals surface area contributed by atoms with Gasteiger partial charge in [-0.2, -0.15) is 5.26 Å². The van der Waals surface area contributed by atoms with E-state index in [4.69, 9.17) is 0 Å². The standard InChI is InChI=1S/C19H19N5O2S/c1-2-9-27(25,26)17(10-20)24-8-5-13(12-24)14-3-6-21-16-11-23-19-15(18(14)16)4-7-22-19/h2-4,6-7,11,13,17,21H,1,5,8-9,12H2. The molecule has 0 spiro atoms. The SMILES string of the molecule is C=CCS(=O)(=O)C(C#N)N1CCC(c2cc[nH]c3cnc4nccc4c23)C1. The first-order valence-electron chi connectivity index (χ1n) is 8.72. The minimum absolute atomic E-state index is 0.136. The zero-order chi connectivity index (χ0) is 19.0. The maximum absolute atomic E-state index is 12.4. The average Bonchev–Trinajstić information content (AvgIpc) is 3.31. The molecule has 4 rings (SSSR count). The van der Waals surface area contributed by atoms with Gasteiger partial charge in [-0.3, -0.25) is 4.90 Å². The lowest BCUT2D eigenvalue weighted by Crippen LogP contribution is -2.39. The van der Waals surface area contributed by atoms with Crippen molar-refractivity contribution in [2.24, 2.45) is 0 Å². The van der Waals surface area contributed by atoms with E-state index in [1.807, 2.05) is 24.4 Å². The molecule has 138 valence electrons. The molecule has 7 nitrogen and oxygen atoms in total. The van der Waals surface area contributed by atoms with Crippen LogP contribution in [0.5, 0.6) is 0 Å². The van der Waals surface area contributed by atoms with E-state index in [1.165, 1.54) is 6.08 Å². The number of aromatic nitrogens is 3. The number of sulfone groups is 1. The topological polar surface area (TPSA) is 103 Å². The number of pyridine rings is 2. The summed E-state index contributed by atoms with van der Waals surface area (Å²) in [6.07, 6.45) is 7.51. The van der Waals surface area contributed by atoms with Crippen LogP contribution in [0.1, 0.15) is 17.9 Å². The molecule has 3 aromatic heterocycles. The number of hydrogen-bond acceptors (Lipinski definition) is 6. The Morgan fingerprint density at radius 2 is 2.30 bits per heavy atom. The fourth-order valence-corrected chi connectivity index (χ4v) is 5.24. The molecule has 1 saturated heterocycles. The molecule has 0 saturated carbocycles. The van der Waals surface area contributed by atoms with E-state index in [9.17, 15) is 13.7 Å². The molecule has 1 aliphatic rings. The maximum atomic E-state index is 12.4. The van der Waals surface area contributed by atoms with Gasteiger partial charge in [0.05, 0.1) is 23.5 Å². The van der Waals surface area contributed by atoms with Gasteiger partial charge in [0, 0.05) is 36.3 Å². The monoisotopic (exact) mass is 381 g/mol. The van der Waals surface area contributed by atoms with E-state index in [1.54, 1.807) is 17.3 Å². The lowest BCUT2D eigenvalue weighted by Gasteiger charge is -2.22. The first kappa shape index (κ1) is 17.6. The third-order valence-electron chi connectivity index (χ3n) is 5.12. The number of hydrogen-bond donors (Lipinski definition) is 1. The van der Waals surface area contributed by atoms with Crippen LogP contribution in [0.15, 0.2) is 43.4 Å². The van der Waals surface area contributed by atoms with Gasteiger partial charge in [0.2, 0.25) is 5.37 Å². The molecule has 0 radical (unpaired) electrons. The molecule has 2 unspecified atom stereocenters. The summed E-state index contributed by atoms with van der Waals surface area (Å²) < 4.78 is 24.8. The number of likely N-dealkylation sites (tertiary alicyclic amines) is 1. The van der Waals surface area contributed by atoms with Crippen LogP contribution in [0.4, 0.5) is 0 Å². The highest BCUT2D eigenvalue weighted by Crippen LogP contribution is 2.35. The number of aromatic amines is 1. The number of nitriles is 1. The van der Waals surface area contributed by atoms with E-state index in [0.717, 1.165) is 28.3 Å². The fourth-order valence-electron chi connectivity index (χ4n) is 3.92. The normalized spacial score (nSPS) is 19.3. The van der Waals surface area contributed by atoms with Crippen molar-refractivity contribution in [3.8, 4) is 6.07 Å². The Bertz CT molecular complexity index is 1160. The highest BCUT2D eigenvalue weighted by molar-refractivity contribution is 7.92. The van der Waals surface area contributed by atoms with Crippen LogP contribution in [0, 0.1) is 11.3 Å². The molecule has 1 fully saturated rings. The van der Waals surface area contributed by atoms with Gasteiger partial charge in [0.25, 0.3) is 0 Å². The van der Waals surface area contributed by atoms with Gasteiger partial charge in [-0.1, -0.05) is 6.08 Å². The summed E-state index contributed by atoms with van der Waals surface area (Å²) >= 11 is 0. The predicted molar refractivity (Wildman–Crippen MR) is 104 cm³/mol. The first-order valence-corrected chi connectivity index (χ1v) is 10.4. The van der Waals surface area contributed by atoms with Gasteiger partial charge in [0.15, 0.2) is 15.5 Å². The highest BCUT2D eigenvalue weighted by Gasteiger charge is 2.36. The zero-order valence-corrected chi connectivity index (χ0v) is 15.5. The van der Waals surface area contributed by atoms with Gasteiger partial charge in [0.1, 0.15) is 0 Å². The van der Waals surface area contributed by atoms with Gasteiger partial charge >= 0.3 is 0 Å². The van der Waals surface area contributed by atoms with Crippen LogP contribution in [-0.2, 0) is 9.84 Å². The van der Waals surface area contributed by atoms with Crippen LogP contribution in [0.25, 0.3) is 21.9 Å². The molecule has 0 aliphatic carbocycles. The maximum Gasteiger partial charge on any atom is 0.201 e. The van der Waals surface area contributed by atoms with E-state index >= 15 is 0 Å². The fraction of sp³-hybridized carbons (Fsp3) is 0.316. The van der Waals surface area contributed by atoms with Gasteiger partial charge < -0.3 is 4.98 Å². The number of nitrogens with zero attached hydrogens (tertiary/aromatic N) is 4. The molecule has 0 bridgehead atoms. The Hall–Kier alpha value is -2.76. The van der Waals surface area contributed by atoms with E-state index in [-0.39, 0.29) is 11.7 Å². The second-order valence-corrected chi connectivity index (χ2v) is 8.85. The molecule has 27 heavy (non-hydrogen) atoms. The number of nitrogens with one attached hydrogen (secondary N) is 1. The Kier molecular flexibility index (Phi) is 4.42. The predicted octanol–water partition coefficient (Wildman–Crippen LogP) is 2.35. The summed E-state index contributed by atoms with van der Waals surface area (Å²) in [6, 6.07) is 5.94. The highest BCUT2D eigenvalue weighted by atomic mass is 32.2. The van der Waals surface area contributed by atoms with Gasteiger partial charge in [-0.15, -0.1) is 6.58 Å². The molecule has 3 aromatic rings. The molecule has 8 heteroatoms. The minimum atomic E-state index is -3.56. The molecule has 0 amide bonds. The molecule has 4 heterocycles. The lowest BCUT2D eigenvalue weighted by atomic mass is 9.94. The van der Waals surface area contributed by atoms with Crippen molar-refractivity contribution in [2.75, 3.05) is 18.8 Å². The first-order chi connectivity index (χ1) is 13.0. The summed E-state index contributed by atoms with van der Waals surface area (Å²) in [7, 11) is -3.56. The Morgan fingerprint density at radius 1 is 1.44 bits per heavy atom. The van der Waals surface area contributed by atoms with Crippen LogP contribution in [0.3, 0.4) is 0 Å². The summed E-state index contributed by atoms with van der Waals surface area (Å²) in [6.45, 7) is 4.57. The Morgan fingerprint density at radius 3 is 3.07 bits per heavy atom. The second-order valence-electron chi connectivity index (χ2n) is 6.74. The molecule has 2 atom stereocenters. The van der Waals surface area contributed by atoms with E-state index in [0.29, 0.717) is 18.7 Å². The smallest absolute Gasteiger partial charge is 0.201 e. The van der Waals surface area contributed by atoms with Crippen molar-refractivity contribution in [3.05, 3.63) is 48.9 Å². The largest absolute Gasteiger partial charge is 0.360 e. The molecule has 0 aromatic carbocycles. The summed E-state index contributed by atoms with van der Waals surface area (Å²) in [4.78, 5) is 13.6. The van der Waals surface area contributed by atoms with E-state index < -0.39 is 15.2 Å². The third kappa shape index (κ3) is 2.99. The van der Waals surface area contributed by atoms with Crippen LogP contribution < -0.4 is 0 Å². The quantitative estimate of drug-likeness (QED) is 0.681. The van der Waals surface area contributed by atoms with Gasteiger partial charge in [-0.25, -0.2) is 18.4 Å². The number of rotatable bonds is 5. The summed E-state index contributed by atoms with van der Waals surface area (Å²) in [5, 5.41) is 10.4. The number of fused-ring (bicyclic) bond motifs is 3. The molecule has 1 N–H and O–H groups in total. The molecular formula is C19H19N5O2S. The average molecular weight is 381 g/mol. The van der Waals surface area contributed by atoms with Crippen LogP contribution >= 0.6 is 0 Å². The third-order valence-corrected chi connectivity index (χ3v) is 6.90. The van der Waals surface area contributed by atoms with Crippen molar-refractivity contribution >= 4 is 31.8 Å². The molecular weight excluding hydrogens is 362 g/mol. The van der Waals surface area contributed by atoms with Gasteiger partial charge in [-0.05, 0) is 30.0 Å². The lowest BCUT2D eigenvalue weighted by molar-refractivity contribution is 0.340. The Labute approximate surface area is 157 Å². The minimum Gasteiger partial charge on any atom is -0.360 e. The molecule has 1 aliphatic heterocycles. The van der Waals surface area contributed by atoms with Crippen LogP contribution in [0.2, 0.25) is 0 Å². The van der Waals surface area contributed by atoms with E-state index in [2.05, 4.69) is 21.5 Å². The summed E-state index contributed by atoms with van der Waals surface area (Å²) in [5.74, 6) is -0.0569. The van der Waals surface area contributed by atoms with Crippen molar-refractivity contribution < 1.29 is 8.42 Å².